The van der Waals surface area contributed by atoms with Crippen molar-refractivity contribution in [2.24, 2.45) is 0 Å². The third-order valence-corrected chi connectivity index (χ3v) is 5.02. The Balaban J connectivity index is 1.54. The van der Waals surface area contributed by atoms with Crippen molar-refractivity contribution in [2.75, 3.05) is 0 Å². The maximum absolute atomic E-state index is 12.2. The predicted octanol–water partition coefficient (Wildman–Crippen LogP) is 4.33. The number of carbonyl (C=O) groups is 2. The van der Waals surface area contributed by atoms with E-state index < -0.39 is 17.9 Å². The third-order valence-electron chi connectivity index (χ3n) is 3.75. The Morgan fingerprint density at radius 3 is 2.59 bits per heavy atom. The Morgan fingerprint density at radius 2 is 1.85 bits per heavy atom. The molecule has 3 aromatic rings. The first-order chi connectivity index (χ1) is 13.0. The second-order valence-electron chi connectivity index (χ2n) is 5.79. The Labute approximate surface area is 166 Å². The molecule has 0 aliphatic carbocycles. The van der Waals surface area contributed by atoms with Crippen molar-refractivity contribution in [3.8, 4) is 10.6 Å². The van der Waals surface area contributed by atoms with Crippen LogP contribution in [0.4, 0.5) is 0 Å². The fraction of sp³-hybridized carbons (Fsp3) is 0.150. The van der Waals surface area contributed by atoms with Crippen LogP contribution in [0.3, 0.4) is 0 Å². The zero-order valence-electron chi connectivity index (χ0n) is 14.5. The summed E-state index contributed by atoms with van der Waals surface area (Å²) in [6.45, 7) is 1.61. The van der Waals surface area contributed by atoms with Crippen LogP contribution in [0.5, 0.6) is 0 Å². The van der Waals surface area contributed by atoms with E-state index >= 15 is 0 Å². The van der Waals surface area contributed by atoms with Gasteiger partial charge in [-0.05, 0) is 19.1 Å². The first kappa shape index (κ1) is 19.1. The zero-order valence-corrected chi connectivity index (χ0v) is 16.1. The van der Waals surface area contributed by atoms with Crippen LogP contribution >= 0.6 is 22.9 Å². The molecule has 0 aliphatic rings. The van der Waals surface area contributed by atoms with Gasteiger partial charge in [0, 0.05) is 10.9 Å². The van der Waals surface area contributed by atoms with E-state index in [4.69, 9.17) is 16.3 Å². The number of rotatable bonds is 6. The minimum atomic E-state index is -0.805. The summed E-state index contributed by atoms with van der Waals surface area (Å²) in [4.78, 5) is 28.8. The first-order valence-electron chi connectivity index (χ1n) is 8.26. The molecule has 0 spiro atoms. The number of nitrogens with zero attached hydrogens (tertiary/aromatic N) is 1. The number of aromatic nitrogens is 1. The van der Waals surface area contributed by atoms with E-state index in [2.05, 4.69) is 10.3 Å². The summed E-state index contributed by atoms with van der Waals surface area (Å²) in [5.74, 6) is -0.963. The molecule has 0 bridgehead atoms. The SMILES string of the molecule is CC(NC(=O)c1ccccc1Cl)C(=O)OCc1csc(-c2ccccc2)n1. The zero-order chi connectivity index (χ0) is 19.2. The van der Waals surface area contributed by atoms with Crippen molar-refractivity contribution < 1.29 is 14.3 Å². The van der Waals surface area contributed by atoms with Gasteiger partial charge in [0.25, 0.3) is 5.91 Å². The molecule has 7 heteroatoms. The van der Waals surface area contributed by atoms with E-state index in [9.17, 15) is 9.59 Å². The van der Waals surface area contributed by atoms with Crippen molar-refractivity contribution in [3.05, 3.63) is 76.3 Å². The average Bonchev–Trinajstić information content (AvgIpc) is 3.16. The standard InChI is InChI=1S/C20H17ClN2O3S/c1-13(22-18(24)16-9-5-6-10-17(16)21)20(25)26-11-15-12-27-19(23-15)14-7-3-2-4-8-14/h2-10,12-13H,11H2,1H3,(H,22,24). The van der Waals surface area contributed by atoms with Gasteiger partial charge in [-0.25, -0.2) is 9.78 Å². The highest BCUT2D eigenvalue weighted by molar-refractivity contribution is 7.13. The summed E-state index contributed by atoms with van der Waals surface area (Å²) in [5.41, 5.74) is 1.99. The number of amides is 1. The molecule has 2 aromatic carbocycles. The van der Waals surface area contributed by atoms with E-state index in [-0.39, 0.29) is 6.61 Å². The first-order valence-corrected chi connectivity index (χ1v) is 9.52. The smallest absolute Gasteiger partial charge is 0.328 e. The number of halogens is 1. The van der Waals surface area contributed by atoms with Crippen LogP contribution in [0.2, 0.25) is 5.02 Å². The minimum absolute atomic E-state index is 0.0501. The normalized spacial score (nSPS) is 11.6. The Morgan fingerprint density at radius 1 is 1.15 bits per heavy atom. The highest BCUT2D eigenvalue weighted by Gasteiger charge is 2.19. The molecule has 1 unspecified atom stereocenters. The molecule has 3 rings (SSSR count). The largest absolute Gasteiger partial charge is 0.458 e. The van der Waals surface area contributed by atoms with Gasteiger partial charge in [-0.2, -0.15) is 0 Å². The molecule has 0 fully saturated rings. The molecule has 1 atom stereocenters. The lowest BCUT2D eigenvalue weighted by Gasteiger charge is -2.13. The number of hydrogen-bond donors (Lipinski definition) is 1. The van der Waals surface area contributed by atoms with E-state index in [1.807, 2.05) is 35.7 Å². The lowest BCUT2D eigenvalue weighted by Crippen LogP contribution is -2.39. The minimum Gasteiger partial charge on any atom is -0.458 e. The van der Waals surface area contributed by atoms with Crippen LogP contribution in [0.25, 0.3) is 10.6 Å². The molecular formula is C20H17ClN2O3S. The van der Waals surface area contributed by atoms with E-state index in [1.165, 1.54) is 11.3 Å². The van der Waals surface area contributed by atoms with E-state index in [0.29, 0.717) is 16.3 Å². The molecule has 0 saturated heterocycles. The van der Waals surface area contributed by atoms with Gasteiger partial charge in [0.2, 0.25) is 0 Å². The van der Waals surface area contributed by atoms with Gasteiger partial charge in [-0.3, -0.25) is 4.79 Å². The van der Waals surface area contributed by atoms with Crippen molar-refractivity contribution in [3.63, 3.8) is 0 Å². The fourth-order valence-electron chi connectivity index (χ4n) is 2.34. The van der Waals surface area contributed by atoms with Crippen LogP contribution in [-0.4, -0.2) is 22.9 Å². The van der Waals surface area contributed by atoms with Gasteiger partial charge in [0.05, 0.1) is 16.3 Å². The Hall–Kier alpha value is -2.70. The number of thiazole rings is 1. The molecule has 5 nitrogen and oxygen atoms in total. The second kappa shape index (κ2) is 8.79. The monoisotopic (exact) mass is 400 g/mol. The Kier molecular flexibility index (Phi) is 6.21. The molecule has 0 aliphatic heterocycles. The van der Waals surface area contributed by atoms with E-state index in [1.54, 1.807) is 31.2 Å². The molecule has 1 amide bonds. The van der Waals surface area contributed by atoms with Gasteiger partial charge in [-0.1, -0.05) is 54.1 Å². The fourth-order valence-corrected chi connectivity index (χ4v) is 3.37. The maximum Gasteiger partial charge on any atom is 0.328 e. The average molecular weight is 401 g/mol. The van der Waals surface area contributed by atoms with Crippen molar-refractivity contribution >= 4 is 34.8 Å². The molecular weight excluding hydrogens is 384 g/mol. The number of hydrogen-bond acceptors (Lipinski definition) is 5. The molecule has 27 heavy (non-hydrogen) atoms. The van der Waals surface area contributed by atoms with Crippen LogP contribution in [0.15, 0.2) is 60.0 Å². The van der Waals surface area contributed by atoms with Crippen LogP contribution in [-0.2, 0) is 16.1 Å². The number of esters is 1. The highest BCUT2D eigenvalue weighted by atomic mass is 35.5. The summed E-state index contributed by atoms with van der Waals surface area (Å²) in [6, 6.07) is 15.6. The molecule has 138 valence electrons. The van der Waals surface area contributed by atoms with E-state index in [0.717, 1.165) is 10.6 Å². The number of benzene rings is 2. The summed E-state index contributed by atoms with van der Waals surface area (Å²) < 4.78 is 5.26. The predicted molar refractivity (Wildman–Crippen MR) is 106 cm³/mol. The van der Waals surface area contributed by atoms with Crippen LogP contribution in [0, 0.1) is 0 Å². The summed E-state index contributed by atoms with van der Waals surface area (Å²) in [7, 11) is 0. The van der Waals surface area contributed by atoms with Crippen molar-refractivity contribution in [2.45, 2.75) is 19.6 Å². The van der Waals surface area contributed by atoms with Gasteiger partial charge < -0.3 is 10.1 Å². The molecule has 0 saturated carbocycles. The van der Waals surface area contributed by atoms with Gasteiger partial charge in [-0.15, -0.1) is 11.3 Å². The third kappa shape index (κ3) is 4.93. The van der Waals surface area contributed by atoms with Gasteiger partial charge >= 0.3 is 5.97 Å². The summed E-state index contributed by atoms with van der Waals surface area (Å²) >= 11 is 7.48. The molecule has 0 radical (unpaired) electrons. The highest BCUT2D eigenvalue weighted by Crippen LogP contribution is 2.23. The maximum atomic E-state index is 12.2. The van der Waals surface area contributed by atoms with Crippen molar-refractivity contribution in [1.82, 2.24) is 10.3 Å². The summed E-state index contributed by atoms with van der Waals surface area (Å²) in [6.07, 6.45) is 0. The van der Waals surface area contributed by atoms with Crippen molar-refractivity contribution in [1.29, 1.82) is 0 Å². The van der Waals surface area contributed by atoms with Gasteiger partial charge in [0.15, 0.2) is 0 Å². The number of nitrogens with one attached hydrogen (secondary N) is 1. The summed E-state index contributed by atoms with van der Waals surface area (Å²) in [5, 5.41) is 5.63. The lowest BCUT2D eigenvalue weighted by molar-refractivity contribution is -0.146. The second-order valence-corrected chi connectivity index (χ2v) is 7.06. The Bertz CT molecular complexity index is 943. The lowest BCUT2D eigenvalue weighted by atomic mass is 10.2. The quantitative estimate of drug-likeness (QED) is 0.625. The number of ether oxygens (including phenoxy) is 1. The topological polar surface area (TPSA) is 68.3 Å². The molecule has 1 aromatic heterocycles. The molecule has 1 N–H and O–H groups in total. The van der Waals surface area contributed by atoms with Crippen LogP contribution in [0.1, 0.15) is 23.0 Å². The molecule has 1 heterocycles. The van der Waals surface area contributed by atoms with Gasteiger partial charge in [0.1, 0.15) is 17.7 Å². The van der Waals surface area contributed by atoms with Crippen LogP contribution < -0.4 is 5.32 Å². The number of carbonyl (C=O) groups excluding carboxylic acids is 2.